The molecule has 2 heterocycles. The molecule has 2 aromatic rings. The number of hydrogen-bond acceptors (Lipinski definition) is 4. The number of benzene rings is 1. The van der Waals surface area contributed by atoms with Crippen LogP contribution in [0.3, 0.4) is 0 Å². The normalized spacial score (nSPS) is 14.9. The van der Waals surface area contributed by atoms with Gasteiger partial charge in [-0.05, 0) is 48.2 Å². The van der Waals surface area contributed by atoms with Crippen molar-refractivity contribution in [2.75, 3.05) is 6.61 Å². The number of halogens is 1. The van der Waals surface area contributed by atoms with Crippen LogP contribution in [0.15, 0.2) is 33.4 Å². The Morgan fingerprint density at radius 1 is 1.45 bits per heavy atom. The standard InChI is InChI=1S/C15H17BrN2O2/c1-9-2-4-19-14(9)13(18-17)8-11-7-12(16)6-10-3-5-20-15(10)11/h2,4,6-7,13,18H,3,5,8,17H2,1H3. The van der Waals surface area contributed by atoms with E-state index in [0.29, 0.717) is 0 Å². The molecule has 0 saturated heterocycles. The maximum Gasteiger partial charge on any atom is 0.125 e. The van der Waals surface area contributed by atoms with Crippen molar-refractivity contribution >= 4 is 15.9 Å². The molecule has 4 nitrogen and oxygen atoms in total. The highest BCUT2D eigenvalue weighted by Crippen LogP contribution is 2.35. The predicted molar refractivity (Wildman–Crippen MR) is 80.6 cm³/mol. The van der Waals surface area contributed by atoms with Crippen molar-refractivity contribution in [2.24, 2.45) is 5.84 Å². The lowest BCUT2D eigenvalue weighted by Crippen LogP contribution is -2.29. The van der Waals surface area contributed by atoms with E-state index in [-0.39, 0.29) is 6.04 Å². The molecular formula is C15H17BrN2O2. The van der Waals surface area contributed by atoms with Crippen molar-refractivity contribution in [3.63, 3.8) is 0 Å². The number of aryl methyl sites for hydroxylation is 1. The molecule has 3 N–H and O–H groups in total. The first kappa shape index (κ1) is 13.7. The van der Waals surface area contributed by atoms with Crippen molar-refractivity contribution < 1.29 is 9.15 Å². The van der Waals surface area contributed by atoms with E-state index in [1.165, 1.54) is 5.56 Å². The van der Waals surface area contributed by atoms with Gasteiger partial charge in [0.05, 0.1) is 18.9 Å². The number of fused-ring (bicyclic) bond motifs is 1. The number of rotatable bonds is 4. The topological polar surface area (TPSA) is 60.4 Å². The number of hydrazine groups is 1. The summed E-state index contributed by atoms with van der Waals surface area (Å²) in [5, 5.41) is 0. The molecule has 3 rings (SSSR count). The molecule has 0 bridgehead atoms. The third-order valence-corrected chi connectivity index (χ3v) is 4.13. The molecule has 1 aliphatic heterocycles. The maximum atomic E-state index is 5.76. The summed E-state index contributed by atoms with van der Waals surface area (Å²) in [6, 6.07) is 6.09. The van der Waals surface area contributed by atoms with Crippen molar-refractivity contribution in [2.45, 2.75) is 25.8 Å². The summed E-state index contributed by atoms with van der Waals surface area (Å²) in [5.41, 5.74) is 6.33. The van der Waals surface area contributed by atoms with Crippen LogP contribution >= 0.6 is 15.9 Å². The highest BCUT2D eigenvalue weighted by molar-refractivity contribution is 9.10. The Bertz CT molecular complexity index is 624. The molecule has 1 atom stereocenters. The first-order chi connectivity index (χ1) is 9.69. The molecule has 1 aliphatic rings. The van der Waals surface area contributed by atoms with Crippen molar-refractivity contribution in [1.29, 1.82) is 0 Å². The number of nitrogens with two attached hydrogens (primary N) is 1. The van der Waals surface area contributed by atoms with Crippen LogP contribution in [0.1, 0.15) is 28.5 Å². The number of furan rings is 1. The molecule has 0 aliphatic carbocycles. The number of ether oxygens (including phenoxy) is 1. The van der Waals surface area contributed by atoms with Gasteiger partial charge in [-0.15, -0.1) is 0 Å². The van der Waals surface area contributed by atoms with Crippen LogP contribution in [-0.4, -0.2) is 6.61 Å². The molecule has 106 valence electrons. The van der Waals surface area contributed by atoms with Gasteiger partial charge >= 0.3 is 0 Å². The molecular weight excluding hydrogens is 320 g/mol. The zero-order chi connectivity index (χ0) is 14.1. The van der Waals surface area contributed by atoms with Gasteiger partial charge in [0.1, 0.15) is 11.5 Å². The lowest BCUT2D eigenvalue weighted by atomic mass is 9.99. The Kier molecular flexibility index (Phi) is 3.83. The van der Waals surface area contributed by atoms with E-state index in [1.54, 1.807) is 6.26 Å². The molecule has 5 heteroatoms. The van der Waals surface area contributed by atoms with Crippen LogP contribution in [0.5, 0.6) is 5.75 Å². The first-order valence-electron chi connectivity index (χ1n) is 6.63. The van der Waals surface area contributed by atoms with Gasteiger partial charge in [0, 0.05) is 10.9 Å². The van der Waals surface area contributed by atoms with Crippen molar-refractivity contribution in [3.8, 4) is 5.75 Å². The van der Waals surface area contributed by atoms with Crippen LogP contribution in [0.2, 0.25) is 0 Å². The zero-order valence-electron chi connectivity index (χ0n) is 11.3. The minimum absolute atomic E-state index is 0.0624. The molecule has 0 amide bonds. The van der Waals surface area contributed by atoms with E-state index in [4.69, 9.17) is 15.0 Å². The second-order valence-electron chi connectivity index (χ2n) is 5.04. The number of nitrogens with one attached hydrogen (secondary N) is 1. The summed E-state index contributed by atoms with van der Waals surface area (Å²) in [4.78, 5) is 0. The fraction of sp³-hybridized carbons (Fsp3) is 0.333. The van der Waals surface area contributed by atoms with Crippen molar-refractivity contribution in [3.05, 3.63) is 51.4 Å². The van der Waals surface area contributed by atoms with Gasteiger partial charge in [-0.25, -0.2) is 5.43 Å². The lowest BCUT2D eigenvalue weighted by Gasteiger charge is -2.17. The van der Waals surface area contributed by atoms with Gasteiger partial charge in [-0.3, -0.25) is 5.84 Å². The van der Waals surface area contributed by atoms with E-state index < -0.39 is 0 Å². The quantitative estimate of drug-likeness (QED) is 0.665. The van der Waals surface area contributed by atoms with Gasteiger partial charge in [-0.1, -0.05) is 15.9 Å². The molecule has 0 spiro atoms. The SMILES string of the molecule is Cc1ccoc1C(Cc1cc(Br)cc2c1OCC2)NN. The summed E-state index contributed by atoms with van der Waals surface area (Å²) in [6.45, 7) is 2.77. The minimum Gasteiger partial charge on any atom is -0.493 e. The van der Waals surface area contributed by atoms with Crippen LogP contribution in [0, 0.1) is 6.92 Å². The van der Waals surface area contributed by atoms with Crippen LogP contribution in [-0.2, 0) is 12.8 Å². The Morgan fingerprint density at radius 2 is 2.30 bits per heavy atom. The van der Waals surface area contributed by atoms with Gasteiger partial charge in [-0.2, -0.15) is 0 Å². The van der Waals surface area contributed by atoms with Crippen LogP contribution < -0.4 is 16.0 Å². The van der Waals surface area contributed by atoms with E-state index in [9.17, 15) is 0 Å². The Hall–Kier alpha value is -1.30. The van der Waals surface area contributed by atoms with E-state index in [1.807, 2.05) is 13.0 Å². The first-order valence-corrected chi connectivity index (χ1v) is 7.42. The fourth-order valence-electron chi connectivity index (χ4n) is 2.69. The Labute approximate surface area is 126 Å². The molecule has 0 saturated carbocycles. The summed E-state index contributed by atoms with van der Waals surface area (Å²) in [7, 11) is 0. The smallest absolute Gasteiger partial charge is 0.125 e. The minimum atomic E-state index is -0.0624. The second-order valence-corrected chi connectivity index (χ2v) is 5.96. The van der Waals surface area contributed by atoms with E-state index >= 15 is 0 Å². The third kappa shape index (κ3) is 2.49. The summed E-state index contributed by atoms with van der Waals surface area (Å²) < 4.78 is 12.4. The Morgan fingerprint density at radius 3 is 3.00 bits per heavy atom. The van der Waals surface area contributed by atoms with Gasteiger partial charge in [0.25, 0.3) is 0 Å². The predicted octanol–water partition coefficient (Wildman–Crippen LogP) is 3.03. The van der Waals surface area contributed by atoms with Gasteiger partial charge < -0.3 is 9.15 Å². The largest absolute Gasteiger partial charge is 0.493 e. The zero-order valence-corrected chi connectivity index (χ0v) is 12.9. The summed E-state index contributed by atoms with van der Waals surface area (Å²) in [6.07, 6.45) is 3.38. The second kappa shape index (κ2) is 5.60. The van der Waals surface area contributed by atoms with Crippen molar-refractivity contribution in [1.82, 2.24) is 5.43 Å². The average Bonchev–Trinajstić information content (AvgIpc) is 3.04. The average molecular weight is 337 g/mol. The van der Waals surface area contributed by atoms with Gasteiger partial charge in [0.15, 0.2) is 0 Å². The fourth-order valence-corrected chi connectivity index (χ4v) is 3.24. The van der Waals surface area contributed by atoms with E-state index in [0.717, 1.165) is 46.6 Å². The molecule has 1 aromatic carbocycles. The number of hydrogen-bond donors (Lipinski definition) is 2. The molecule has 20 heavy (non-hydrogen) atoms. The molecule has 1 unspecified atom stereocenters. The molecule has 0 radical (unpaired) electrons. The highest BCUT2D eigenvalue weighted by atomic mass is 79.9. The van der Waals surface area contributed by atoms with Crippen LogP contribution in [0.4, 0.5) is 0 Å². The summed E-state index contributed by atoms with van der Waals surface area (Å²) in [5.74, 6) is 7.57. The Balaban J connectivity index is 1.92. The van der Waals surface area contributed by atoms with E-state index in [2.05, 4.69) is 33.5 Å². The summed E-state index contributed by atoms with van der Waals surface area (Å²) >= 11 is 3.56. The van der Waals surface area contributed by atoms with Crippen LogP contribution in [0.25, 0.3) is 0 Å². The maximum absolute atomic E-state index is 5.76. The molecule has 0 fully saturated rings. The lowest BCUT2D eigenvalue weighted by molar-refractivity contribution is 0.349. The highest BCUT2D eigenvalue weighted by Gasteiger charge is 2.22. The third-order valence-electron chi connectivity index (χ3n) is 3.67. The van der Waals surface area contributed by atoms with Gasteiger partial charge in [0.2, 0.25) is 0 Å². The molecule has 1 aromatic heterocycles. The monoisotopic (exact) mass is 336 g/mol.